The van der Waals surface area contributed by atoms with E-state index in [0.29, 0.717) is 0 Å². The van der Waals surface area contributed by atoms with Crippen molar-refractivity contribution < 1.29 is 4.42 Å². The van der Waals surface area contributed by atoms with Crippen molar-refractivity contribution in [2.75, 3.05) is 0 Å². The molecule has 2 aliphatic rings. The summed E-state index contributed by atoms with van der Waals surface area (Å²) < 4.78 is 6.74. The van der Waals surface area contributed by atoms with Crippen molar-refractivity contribution in [3.8, 4) is 55.6 Å². The Balaban J connectivity index is 1.02. The standard InChI is InChI=1S/C60H42O/c1-59(2)51-32-36(48-34-49-45(30-31-46-40-18-13-15-25-53(40)61-58(46)49)56-47-23-12-14-24-50(47)60(3,4)57(48)56)26-28-38(51)39-29-27-37(33-52(39)59)55-43-21-10-8-19-41(43)54(35-16-6-5-7-17-35)42-20-9-11-22-44(42)55/h5-34H,1-4H3. The molecule has 13 rings (SSSR count). The number of para-hydroxylation sites is 1. The molecule has 0 fully saturated rings. The van der Waals surface area contributed by atoms with Crippen molar-refractivity contribution in [3.63, 3.8) is 0 Å². The van der Waals surface area contributed by atoms with E-state index >= 15 is 0 Å². The molecule has 1 heteroatoms. The van der Waals surface area contributed by atoms with Crippen molar-refractivity contribution in [1.82, 2.24) is 0 Å². The average molecular weight is 779 g/mol. The van der Waals surface area contributed by atoms with Crippen molar-refractivity contribution >= 4 is 54.3 Å². The summed E-state index contributed by atoms with van der Waals surface area (Å²) in [6.07, 6.45) is 0. The minimum absolute atomic E-state index is 0.188. The Morgan fingerprint density at radius 2 is 0.836 bits per heavy atom. The SMILES string of the molecule is CC1(C)c2cc(-c3cc4c(ccc5c6ccccc6oc45)c4c3C(C)(C)c3ccccc3-4)ccc2-c2ccc(-c3c4ccccc4c(-c4ccccc4)c4ccccc34)cc21. The van der Waals surface area contributed by atoms with Crippen LogP contribution in [0.15, 0.2) is 186 Å². The lowest BCUT2D eigenvalue weighted by atomic mass is 9.76. The van der Waals surface area contributed by atoms with Gasteiger partial charge in [0.15, 0.2) is 0 Å². The van der Waals surface area contributed by atoms with E-state index < -0.39 is 0 Å². The quantitative estimate of drug-likeness (QED) is 0.163. The third-order valence-corrected chi connectivity index (χ3v) is 14.4. The maximum absolute atomic E-state index is 6.74. The van der Waals surface area contributed by atoms with Crippen LogP contribution in [-0.4, -0.2) is 0 Å². The summed E-state index contributed by atoms with van der Waals surface area (Å²) in [6, 6.07) is 67.8. The number of hydrogen-bond donors (Lipinski definition) is 0. The second-order valence-corrected chi connectivity index (χ2v) is 18.3. The highest BCUT2D eigenvalue weighted by Gasteiger charge is 2.41. The fraction of sp³-hybridized carbons (Fsp3) is 0.100. The smallest absolute Gasteiger partial charge is 0.143 e. The van der Waals surface area contributed by atoms with E-state index in [1.54, 1.807) is 0 Å². The fourth-order valence-corrected chi connectivity index (χ4v) is 11.6. The van der Waals surface area contributed by atoms with Crippen LogP contribution in [0.25, 0.3) is 110 Å². The zero-order valence-corrected chi connectivity index (χ0v) is 34.7. The van der Waals surface area contributed by atoms with Gasteiger partial charge in [-0.05, 0) is 135 Å². The number of rotatable bonds is 3. The van der Waals surface area contributed by atoms with Crippen LogP contribution in [-0.2, 0) is 10.8 Å². The third-order valence-electron chi connectivity index (χ3n) is 14.4. The first-order valence-corrected chi connectivity index (χ1v) is 21.6. The highest BCUT2D eigenvalue weighted by atomic mass is 16.3. The van der Waals surface area contributed by atoms with Crippen LogP contribution in [0.2, 0.25) is 0 Å². The fourth-order valence-electron chi connectivity index (χ4n) is 11.6. The number of benzene rings is 10. The number of hydrogen-bond acceptors (Lipinski definition) is 1. The Morgan fingerprint density at radius 3 is 1.52 bits per heavy atom. The lowest BCUT2D eigenvalue weighted by Gasteiger charge is -2.26. The Hall–Kier alpha value is -7.22. The maximum Gasteiger partial charge on any atom is 0.143 e. The summed E-state index contributed by atoms with van der Waals surface area (Å²) in [5, 5.41) is 9.86. The van der Waals surface area contributed by atoms with Crippen LogP contribution in [0.5, 0.6) is 0 Å². The monoisotopic (exact) mass is 778 g/mol. The van der Waals surface area contributed by atoms with Crippen LogP contribution in [0.4, 0.5) is 0 Å². The summed E-state index contributed by atoms with van der Waals surface area (Å²) >= 11 is 0. The van der Waals surface area contributed by atoms with Gasteiger partial charge in [0.05, 0.1) is 0 Å². The minimum Gasteiger partial charge on any atom is -0.455 e. The highest BCUT2D eigenvalue weighted by Crippen LogP contribution is 2.57. The molecule has 0 aliphatic heterocycles. The van der Waals surface area contributed by atoms with Crippen LogP contribution >= 0.6 is 0 Å². The molecule has 0 radical (unpaired) electrons. The molecule has 0 bridgehead atoms. The predicted octanol–water partition coefficient (Wildman–Crippen LogP) is 16.7. The van der Waals surface area contributed by atoms with Gasteiger partial charge in [-0.15, -0.1) is 0 Å². The molecule has 0 saturated heterocycles. The highest BCUT2D eigenvalue weighted by molar-refractivity contribution is 6.22. The van der Waals surface area contributed by atoms with Crippen LogP contribution in [0, 0.1) is 0 Å². The normalized spacial score (nSPS) is 14.5. The first-order valence-electron chi connectivity index (χ1n) is 21.6. The molecule has 0 N–H and O–H groups in total. The molecule has 2 aliphatic carbocycles. The molecule has 0 atom stereocenters. The summed E-state index contributed by atoms with van der Waals surface area (Å²) in [5.41, 5.74) is 19.9. The summed E-state index contributed by atoms with van der Waals surface area (Å²) in [4.78, 5) is 0. The van der Waals surface area contributed by atoms with Gasteiger partial charge < -0.3 is 4.42 Å². The lowest BCUT2D eigenvalue weighted by Crippen LogP contribution is -2.17. The number of furan rings is 1. The zero-order chi connectivity index (χ0) is 40.8. The van der Waals surface area contributed by atoms with Crippen molar-refractivity contribution in [2.45, 2.75) is 38.5 Å². The molecule has 11 aromatic rings. The van der Waals surface area contributed by atoms with Crippen LogP contribution < -0.4 is 0 Å². The molecule has 1 nitrogen and oxygen atoms in total. The van der Waals surface area contributed by atoms with Crippen molar-refractivity contribution in [3.05, 3.63) is 204 Å². The van der Waals surface area contributed by atoms with E-state index in [1.807, 2.05) is 0 Å². The molecule has 1 aromatic heterocycles. The molecule has 0 saturated carbocycles. The van der Waals surface area contributed by atoms with Gasteiger partial charge in [-0.25, -0.2) is 0 Å². The number of fused-ring (bicyclic) bond motifs is 14. The summed E-state index contributed by atoms with van der Waals surface area (Å²) in [7, 11) is 0. The van der Waals surface area contributed by atoms with Crippen LogP contribution in [0.3, 0.4) is 0 Å². The average Bonchev–Trinajstić information content (AvgIpc) is 3.88. The van der Waals surface area contributed by atoms with Gasteiger partial charge in [0, 0.05) is 27.0 Å². The van der Waals surface area contributed by atoms with Gasteiger partial charge >= 0.3 is 0 Å². The van der Waals surface area contributed by atoms with E-state index in [0.717, 1.165) is 21.9 Å². The Morgan fingerprint density at radius 1 is 0.311 bits per heavy atom. The minimum atomic E-state index is -0.225. The van der Waals surface area contributed by atoms with E-state index in [1.165, 1.54) is 110 Å². The molecule has 0 spiro atoms. The largest absolute Gasteiger partial charge is 0.455 e. The van der Waals surface area contributed by atoms with Gasteiger partial charge in [-0.1, -0.05) is 179 Å². The van der Waals surface area contributed by atoms with Gasteiger partial charge in [-0.2, -0.15) is 0 Å². The Labute approximate surface area is 355 Å². The van der Waals surface area contributed by atoms with Gasteiger partial charge in [-0.3, -0.25) is 0 Å². The van der Waals surface area contributed by atoms with E-state index in [4.69, 9.17) is 4.42 Å². The van der Waals surface area contributed by atoms with E-state index in [2.05, 4.69) is 210 Å². The second kappa shape index (κ2) is 12.2. The Bertz CT molecular complexity index is 3630. The molecule has 0 amide bonds. The van der Waals surface area contributed by atoms with Crippen molar-refractivity contribution in [2.24, 2.45) is 0 Å². The first kappa shape index (κ1) is 34.6. The second-order valence-electron chi connectivity index (χ2n) is 18.3. The van der Waals surface area contributed by atoms with Crippen molar-refractivity contribution in [1.29, 1.82) is 0 Å². The lowest BCUT2D eigenvalue weighted by molar-refractivity contribution is 0.659. The molecule has 61 heavy (non-hydrogen) atoms. The van der Waals surface area contributed by atoms with Gasteiger partial charge in [0.25, 0.3) is 0 Å². The molecular weight excluding hydrogens is 737 g/mol. The van der Waals surface area contributed by atoms with Gasteiger partial charge in [0.1, 0.15) is 11.2 Å². The third kappa shape index (κ3) is 4.61. The topological polar surface area (TPSA) is 13.1 Å². The summed E-state index contributed by atoms with van der Waals surface area (Å²) in [5.74, 6) is 0. The molecule has 0 unspecified atom stereocenters. The van der Waals surface area contributed by atoms with Gasteiger partial charge in [0.2, 0.25) is 0 Å². The zero-order valence-electron chi connectivity index (χ0n) is 34.7. The maximum atomic E-state index is 6.74. The molecule has 10 aromatic carbocycles. The Kier molecular flexibility index (Phi) is 6.91. The van der Waals surface area contributed by atoms with Crippen LogP contribution in [0.1, 0.15) is 49.9 Å². The summed E-state index contributed by atoms with van der Waals surface area (Å²) in [6.45, 7) is 9.65. The molecule has 1 heterocycles. The van der Waals surface area contributed by atoms with E-state index in [-0.39, 0.29) is 10.8 Å². The first-order chi connectivity index (χ1) is 29.8. The molecular formula is C60H42O. The molecule has 288 valence electrons. The predicted molar refractivity (Wildman–Crippen MR) is 258 cm³/mol. The van der Waals surface area contributed by atoms with E-state index in [9.17, 15) is 0 Å².